The van der Waals surface area contributed by atoms with E-state index in [0.29, 0.717) is 0 Å². The minimum Gasteiger partial charge on any atom is -1.00 e. The molecular formula is C30H28Cl2SiZr. The molecule has 0 bridgehead atoms. The molecular weight excluding hydrogens is 551 g/mol. The zero-order chi connectivity index (χ0) is 21.8. The van der Waals surface area contributed by atoms with E-state index < -0.39 is 25.8 Å². The summed E-state index contributed by atoms with van der Waals surface area (Å²) in [6.07, 6.45) is 26.6. The molecule has 0 nitrogen and oxygen atoms in total. The van der Waals surface area contributed by atoms with E-state index in [4.69, 9.17) is 0 Å². The summed E-state index contributed by atoms with van der Waals surface area (Å²) in [6.45, 7) is 5.25. The molecule has 0 amide bonds. The average molecular weight is 579 g/mol. The Bertz CT molecular complexity index is 1260. The van der Waals surface area contributed by atoms with E-state index in [1.807, 2.05) is 0 Å². The minimum absolute atomic E-state index is 0. The summed E-state index contributed by atoms with van der Waals surface area (Å²) in [5.41, 5.74) is 8.77. The van der Waals surface area contributed by atoms with Crippen molar-refractivity contribution in [3.05, 3.63) is 131 Å². The molecule has 170 valence electrons. The number of fused-ring (bicyclic) bond motifs is 2. The summed E-state index contributed by atoms with van der Waals surface area (Å²) < 4.78 is 0.233. The Labute approximate surface area is 224 Å². The van der Waals surface area contributed by atoms with Gasteiger partial charge in [0.1, 0.15) is 0 Å². The van der Waals surface area contributed by atoms with Crippen LogP contribution < -0.4 is 24.8 Å². The predicted octanol–water partition coefficient (Wildman–Crippen LogP) is 1.48. The molecule has 0 radical (unpaired) electrons. The van der Waals surface area contributed by atoms with Gasteiger partial charge in [0.15, 0.2) is 0 Å². The van der Waals surface area contributed by atoms with Crippen molar-refractivity contribution in [2.45, 2.75) is 32.2 Å². The van der Waals surface area contributed by atoms with Gasteiger partial charge in [0, 0.05) is 0 Å². The van der Waals surface area contributed by atoms with Crippen molar-refractivity contribution in [3.8, 4) is 0 Å². The second kappa shape index (κ2) is 9.90. The number of allylic oxidation sites excluding steroid dienone is 10. The minimum atomic E-state index is -2.39. The summed E-state index contributed by atoms with van der Waals surface area (Å²) in [6, 6.07) is 18.5. The SMILES string of the molecule is C[Si](C)=[Zr+2]([C]1(C2=CC=CC2)C=Cc2ccccc21)[C]1(C2=CC=CC2)C=Cc2ccccc21.[Cl-].[Cl-]. The summed E-state index contributed by atoms with van der Waals surface area (Å²) in [7, 11) is 0. The van der Waals surface area contributed by atoms with E-state index in [1.54, 1.807) is 22.3 Å². The van der Waals surface area contributed by atoms with Crippen LogP contribution in [0.15, 0.2) is 108 Å². The molecule has 2 atom stereocenters. The molecule has 4 aliphatic carbocycles. The van der Waals surface area contributed by atoms with Gasteiger partial charge in [-0.15, -0.1) is 0 Å². The van der Waals surface area contributed by atoms with Gasteiger partial charge in [-0.1, -0.05) is 0 Å². The molecule has 0 aliphatic heterocycles. The van der Waals surface area contributed by atoms with Gasteiger partial charge in [-0.3, -0.25) is 0 Å². The fraction of sp³-hybridized carbons (Fsp3) is 0.200. The standard InChI is InChI=1S/2C14H11.C2H6Si.2ClH.Zr/c2*1-2-6-11(5-1)14-10-9-12-7-3-4-8-13(12)14;1-3-2;;;/h2*1-5,7-10H,6H2;1-2H3;2*1H;/q;;;;;+2/p-2. The molecule has 0 aromatic heterocycles. The van der Waals surface area contributed by atoms with Gasteiger partial charge >= 0.3 is 201 Å². The average Bonchev–Trinajstić information content (AvgIpc) is 3.60. The Kier molecular flexibility index (Phi) is 7.47. The van der Waals surface area contributed by atoms with Crippen LogP contribution >= 0.6 is 0 Å². The van der Waals surface area contributed by atoms with Gasteiger partial charge in [-0.25, -0.2) is 0 Å². The van der Waals surface area contributed by atoms with E-state index in [-0.39, 0.29) is 31.1 Å². The zero-order valence-corrected chi connectivity index (χ0v) is 24.5. The Balaban J connectivity index is 0.00000137. The normalized spacial score (nSPS) is 24.5. The molecule has 0 heterocycles. The maximum Gasteiger partial charge on any atom is -1.00 e. The van der Waals surface area contributed by atoms with E-state index in [9.17, 15) is 0 Å². The van der Waals surface area contributed by atoms with Gasteiger partial charge in [0.05, 0.1) is 0 Å². The zero-order valence-electron chi connectivity index (χ0n) is 19.6. The van der Waals surface area contributed by atoms with Gasteiger partial charge in [-0.2, -0.15) is 0 Å². The van der Waals surface area contributed by atoms with Crippen LogP contribution in [0.2, 0.25) is 13.1 Å². The van der Waals surface area contributed by atoms with Crippen molar-refractivity contribution in [2.75, 3.05) is 0 Å². The van der Waals surface area contributed by atoms with E-state index in [2.05, 4.69) is 122 Å². The third kappa shape index (κ3) is 3.56. The summed E-state index contributed by atoms with van der Waals surface area (Å²) in [5.74, 6) is 0. The van der Waals surface area contributed by atoms with E-state index in [0.717, 1.165) is 12.8 Å². The molecule has 2 aromatic rings. The van der Waals surface area contributed by atoms with E-state index >= 15 is 0 Å². The van der Waals surface area contributed by atoms with Crippen LogP contribution in [-0.4, -0.2) is 5.43 Å². The summed E-state index contributed by atoms with van der Waals surface area (Å²) >= 11 is -2.39. The topological polar surface area (TPSA) is 0 Å². The van der Waals surface area contributed by atoms with Gasteiger partial charge < -0.3 is 24.8 Å². The van der Waals surface area contributed by atoms with Crippen LogP contribution in [0.5, 0.6) is 0 Å². The molecule has 4 aliphatic rings. The van der Waals surface area contributed by atoms with Crippen LogP contribution in [0.4, 0.5) is 0 Å². The first-order valence-corrected chi connectivity index (χ1v) is 20.3. The number of hydrogen-bond acceptors (Lipinski definition) is 0. The first-order valence-electron chi connectivity index (χ1n) is 11.7. The molecule has 34 heavy (non-hydrogen) atoms. The number of hydrogen-bond donors (Lipinski definition) is 0. The predicted molar refractivity (Wildman–Crippen MR) is 135 cm³/mol. The molecule has 6 rings (SSSR count). The fourth-order valence-corrected chi connectivity index (χ4v) is 31.9. The summed E-state index contributed by atoms with van der Waals surface area (Å²) in [5, 5.41) is 0. The van der Waals surface area contributed by atoms with Crippen LogP contribution in [0, 0.1) is 0 Å². The first kappa shape index (κ1) is 25.6. The Morgan fingerprint density at radius 2 is 1.12 bits per heavy atom. The third-order valence-corrected chi connectivity index (χ3v) is 28.3. The van der Waals surface area contributed by atoms with Crippen molar-refractivity contribution in [1.29, 1.82) is 0 Å². The molecule has 0 spiro atoms. The van der Waals surface area contributed by atoms with Crippen molar-refractivity contribution in [3.63, 3.8) is 0 Å². The van der Waals surface area contributed by atoms with Gasteiger partial charge in [-0.05, 0) is 0 Å². The Morgan fingerprint density at radius 3 is 1.50 bits per heavy atom. The van der Waals surface area contributed by atoms with Crippen LogP contribution in [0.25, 0.3) is 12.2 Å². The smallest absolute Gasteiger partial charge is 1.00 e. The molecule has 0 N–H and O–H groups in total. The first-order chi connectivity index (χ1) is 15.7. The van der Waals surface area contributed by atoms with Crippen molar-refractivity contribution in [1.82, 2.24) is 0 Å². The Morgan fingerprint density at radius 1 is 0.676 bits per heavy atom. The van der Waals surface area contributed by atoms with Gasteiger partial charge in [0.25, 0.3) is 0 Å². The molecule has 2 unspecified atom stereocenters. The maximum atomic E-state index is 2.66. The molecule has 0 saturated heterocycles. The molecule has 4 heteroatoms. The van der Waals surface area contributed by atoms with Crippen molar-refractivity contribution in [2.24, 2.45) is 0 Å². The largest absolute Gasteiger partial charge is 1.00 e. The molecule has 0 fully saturated rings. The monoisotopic (exact) mass is 576 g/mol. The number of benzene rings is 2. The van der Waals surface area contributed by atoms with Gasteiger partial charge in [0.2, 0.25) is 0 Å². The van der Waals surface area contributed by atoms with Crippen LogP contribution in [0.1, 0.15) is 35.1 Å². The fourth-order valence-electron chi connectivity index (χ4n) is 6.51. The number of halogens is 2. The summed E-state index contributed by atoms with van der Waals surface area (Å²) in [4.78, 5) is 0. The van der Waals surface area contributed by atoms with Crippen LogP contribution in [0.3, 0.4) is 0 Å². The quantitative estimate of drug-likeness (QED) is 0.483. The van der Waals surface area contributed by atoms with Crippen molar-refractivity contribution >= 4 is 17.6 Å². The molecule has 2 aromatic carbocycles. The second-order valence-electron chi connectivity index (χ2n) is 9.48. The van der Waals surface area contributed by atoms with Crippen molar-refractivity contribution < 1.29 is 45.2 Å². The number of rotatable bonds is 4. The Hall–Kier alpha value is -1.44. The van der Waals surface area contributed by atoms with E-state index in [1.165, 1.54) is 11.1 Å². The second-order valence-corrected chi connectivity index (χ2v) is 27.5. The van der Waals surface area contributed by atoms with Crippen LogP contribution in [-0.2, 0) is 26.6 Å². The third-order valence-electron chi connectivity index (χ3n) is 7.64. The maximum absolute atomic E-state index is 2.66. The molecule has 0 saturated carbocycles.